The number of halogens is 2. The van der Waals surface area contributed by atoms with E-state index in [0.717, 1.165) is 28.2 Å². The number of hydrogen-bond acceptors (Lipinski definition) is 4. The van der Waals surface area contributed by atoms with Crippen molar-refractivity contribution in [1.82, 2.24) is 20.3 Å². The summed E-state index contributed by atoms with van der Waals surface area (Å²) in [6, 6.07) is 10.7. The highest BCUT2D eigenvalue weighted by molar-refractivity contribution is 6.35. The van der Waals surface area contributed by atoms with Gasteiger partial charge in [0.1, 0.15) is 0 Å². The van der Waals surface area contributed by atoms with E-state index in [1.165, 1.54) is 6.21 Å². The lowest BCUT2D eigenvalue weighted by Crippen LogP contribution is -2.37. The number of rotatable bonds is 5. The maximum absolute atomic E-state index is 11.9. The Morgan fingerprint density at radius 3 is 2.70 bits per heavy atom. The van der Waals surface area contributed by atoms with Crippen LogP contribution in [-0.2, 0) is 16.1 Å². The molecule has 0 aliphatic heterocycles. The minimum Gasteiger partial charge on any atom is -0.344 e. The summed E-state index contributed by atoms with van der Waals surface area (Å²) in [4.78, 5) is 27.8. The first-order chi connectivity index (χ1) is 14.4. The van der Waals surface area contributed by atoms with Crippen LogP contribution in [0.15, 0.2) is 53.9 Å². The number of hydrazone groups is 1. The van der Waals surface area contributed by atoms with Crippen LogP contribution in [0.2, 0.25) is 10.0 Å². The van der Waals surface area contributed by atoms with Gasteiger partial charge in [0.25, 0.3) is 0 Å². The van der Waals surface area contributed by atoms with Crippen molar-refractivity contribution in [3.05, 3.63) is 81.4 Å². The fourth-order valence-corrected chi connectivity index (χ4v) is 3.29. The molecule has 3 aromatic rings. The number of carbonyl (C=O) groups is 2. The zero-order chi connectivity index (χ0) is 21.7. The summed E-state index contributed by atoms with van der Waals surface area (Å²) in [5.74, 6) is -1.64. The fourth-order valence-electron chi connectivity index (χ4n) is 2.92. The minimum absolute atomic E-state index is 0.200. The van der Waals surface area contributed by atoms with Crippen molar-refractivity contribution in [2.24, 2.45) is 5.10 Å². The quantitative estimate of drug-likeness (QED) is 0.358. The molecule has 3 rings (SSSR count). The second-order valence-electron chi connectivity index (χ2n) is 6.50. The van der Waals surface area contributed by atoms with Crippen molar-refractivity contribution in [1.29, 1.82) is 0 Å². The average molecular weight is 444 g/mol. The van der Waals surface area contributed by atoms with Crippen molar-refractivity contribution in [3.8, 4) is 5.69 Å². The van der Waals surface area contributed by atoms with Gasteiger partial charge in [-0.2, -0.15) is 5.10 Å². The summed E-state index contributed by atoms with van der Waals surface area (Å²) in [6.45, 7) is 4.02. The van der Waals surface area contributed by atoms with E-state index in [9.17, 15) is 9.59 Å². The van der Waals surface area contributed by atoms with Gasteiger partial charge in [0.2, 0.25) is 0 Å². The third-order valence-corrected chi connectivity index (χ3v) is 4.93. The molecule has 0 unspecified atom stereocenters. The molecule has 0 aliphatic rings. The third kappa shape index (κ3) is 5.06. The zero-order valence-corrected chi connectivity index (χ0v) is 17.8. The maximum atomic E-state index is 11.9. The summed E-state index contributed by atoms with van der Waals surface area (Å²) in [7, 11) is 0. The van der Waals surface area contributed by atoms with Crippen LogP contribution >= 0.6 is 23.2 Å². The Morgan fingerprint density at radius 1 is 1.17 bits per heavy atom. The number of aromatic nitrogens is 2. The molecule has 0 atom stereocenters. The molecule has 154 valence electrons. The van der Waals surface area contributed by atoms with Crippen LogP contribution in [0.4, 0.5) is 0 Å². The number of nitrogens with zero attached hydrogens (tertiary/aromatic N) is 3. The molecule has 0 spiro atoms. The predicted octanol–water partition coefficient (Wildman–Crippen LogP) is 3.56. The number of carbonyl (C=O) groups excluding carboxylic acids is 2. The van der Waals surface area contributed by atoms with Gasteiger partial charge < -0.3 is 9.88 Å². The monoisotopic (exact) mass is 443 g/mol. The van der Waals surface area contributed by atoms with E-state index in [2.05, 4.69) is 20.8 Å². The lowest BCUT2D eigenvalue weighted by molar-refractivity contribution is -0.139. The fraction of sp³-hybridized carbons (Fsp3) is 0.143. The van der Waals surface area contributed by atoms with E-state index >= 15 is 0 Å². The van der Waals surface area contributed by atoms with Gasteiger partial charge in [0.05, 0.1) is 16.9 Å². The van der Waals surface area contributed by atoms with Gasteiger partial charge in [0.15, 0.2) is 0 Å². The largest absolute Gasteiger partial charge is 0.344 e. The SMILES string of the molecule is Cc1cc(/C=N\NC(=O)C(=O)NCc2cccnc2)c(C)n1-c1cc(Cl)ccc1Cl. The van der Waals surface area contributed by atoms with Crippen LogP contribution in [-0.4, -0.2) is 27.6 Å². The second kappa shape index (κ2) is 9.56. The molecule has 2 amide bonds. The number of benzene rings is 1. The van der Waals surface area contributed by atoms with E-state index in [4.69, 9.17) is 23.2 Å². The van der Waals surface area contributed by atoms with E-state index in [0.29, 0.717) is 10.0 Å². The highest BCUT2D eigenvalue weighted by Crippen LogP contribution is 2.28. The lowest BCUT2D eigenvalue weighted by Gasteiger charge is -2.12. The molecule has 0 saturated carbocycles. The van der Waals surface area contributed by atoms with Crippen molar-refractivity contribution < 1.29 is 9.59 Å². The molecule has 0 saturated heterocycles. The van der Waals surface area contributed by atoms with Crippen LogP contribution in [0.3, 0.4) is 0 Å². The van der Waals surface area contributed by atoms with E-state index in [-0.39, 0.29) is 6.54 Å². The van der Waals surface area contributed by atoms with Gasteiger partial charge in [-0.15, -0.1) is 0 Å². The van der Waals surface area contributed by atoms with Crippen molar-refractivity contribution >= 4 is 41.2 Å². The summed E-state index contributed by atoms with van der Waals surface area (Å²) < 4.78 is 1.94. The zero-order valence-electron chi connectivity index (χ0n) is 16.3. The van der Waals surface area contributed by atoms with E-state index in [1.54, 1.807) is 42.7 Å². The van der Waals surface area contributed by atoms with Crippen LogP contribution in [0, 0.1) is 13.8 Å². The number of aryl methyl sites for hydroxylation is 1. The topological polar surface area (TPSA) is 88.4 Å². The Bertz CT molecular complexity index is 1110. The van der Waals surface area contributed by atoms with Crippen LogP contribution in [0.25, 0.3) is 5.69 Å². The molecule has 7 nitrogen and oxygen atoms in total. The molecular weight excluding hydrogens is 425 g/mol. The Morgan fingerprint density at radius 2 is 1.97 bits per heavy atom. The first-order valence-corrected chi connectivity index (χ1v) is 9.77. The summed E-state index contributed by atoms with van der Waals surface area (Å²) >= 11 is 12.4. The molecule has 0 bridgehead atoms. The maximum Gasteiger partial charge on any atom is 0.329 e. The highest BCUT2D eigenvalue weighted by Gasteiger charge is 2.14. The molecule has 0 fully saturated rings. The van der Waals surface area contributed by atoms with Crippen LogP contribution in [0.5, 0.6) is 0 Å². The van der Waals surface area contributed by atoms with Gasteiger partial charge in [-0.05, 0) is 49.7 Å². The molecule has 2 N–H and O–H groups in total. The van der Waals surface area contributed by atoms with Gasteiger partial charge in [-0.25, -0.2) is 5.43 Å². The first kappa shape index (κ1) is 21.5. The Hall–Kier alpha value is -3.16. The minimum atomic E-state index is -0.859. The molecule has 9 heteroatoms. The van der Waals surface area contributed by atoms with Crippen LogP contribution < -0.4 is 10.7 Å². The Balaban J connectivity index is 1.66. The Kier molecular flexibility index (Phi) is 6.87. The molecular formula is C21H19Cl2N5O2. The smallest absolute Gasteiger partial charge is 0.329 e. The summed E-state index contributed by atoms with van der Waals surface area (Å²) in [5, 5.41) is 7.53. The van der Waals surface area contributed by atoms with Crippen molar-refractivity contribution in [3.63, 3.8) is 0 Å². The Labute approximate surface area is 183 Å². The summed E-state index contributed by atoms with van der Waals surface area (Å²) in [5.41, 5.74) is 6.30. The number of pyridine rings is 1. The number of hydrogen-bond donors (Lipinski definition) is 2. The van der Waals surface area contributed by atoms with Gasteiger partial charge in [-0.1, -0.05) is 29.3 Å². The van der Waals surface area contributed by atoms with Crippen molar-refractivity contribution in [2.45, 2.75) is 20.4 Å². The third-order valence-electron chi connectivity index (χ3n) is 4.37. The predicted molar refractivity (Wildman–Crippen MR) is 117 cm³/mol. The van der Waals surface area contributed by atoms with E-state index in [1.807, 2.05) is 24.5 Å². The molecule has 30 heavy (non-hydrogen) atoms. The van der Waals surface area contributed by atoms with Gasteiger partial charge in [-0.3, -0.25) is 14.6 Å². The summed E-state index contributed by atoms with van der Waals surface area (Å²) in [6.07, 6.45) is 4.71. The standard InChI is InChI=1S/C21H19Cl2N5O2/c1-13-8-16(14(2)28(13)19-9-17(22)5-6-18(19)23)12-26-27-21(30)20(29)25-11-15-4-3-7-24-10-15/h3-10,12H,11H2,1-2H3,(H,25,29)(H,27,30)/b26-12-. The number of amides is 2. The molecule has 1 aromatic carbocycles. The van der Waals surface area contributed by atoms with Gasteiger partial charge in [0, 0.05) is 40.9 Å². The molecule has 0 radical (unpaired) electrons. The highest BCUT2D eigenvalue weighted by atomic mass is 35.5. The number of nitrogens with one attached hydrogen (secondary N) is 2. The second-order valence-corrected chi connectivity index (χ2v) is 7.34. The molecule has 2 aromatic heterocycles. The van der Waals surface area contributed by atoms with Crippen LogP contribution in [0.1, 0.15) is 22.5 Å². The average Bonchev–Trinajstić information content (AvgIpc) is 3.01. The molecule has 0 aliphatic carbocycles. The normalized spacial score (nSPS) is 10.9. The van der Waals surface area contributed by atoms with Crippen molar-refractivity contribution in [2.75, 3.05) is 0 Å². The van der Waals surface area contributed by atoms with E-state index < -0.39 is 11.8 Å². The lowest BCUT2D eigenvalue weighted by atomic mass is 10.2. The van der Waals surface area contributed by atoms with Gasteiger partial charge >= 0.3 is 11.8 Å². The molecule has 2 heterocycles. The first-order valence-electron chi connectivity index (χ1n) is 9.01.